The molecule has 2 aromatic carbocycles. The minimum absolute atomic E-state index is 0.116. The first-order chi connectivity index (χ1) is 12.2. The summed E-state index contributed by atoms with van der Waals surface area (Å²) in [5.41, 5.74) is 1.40. The van der Waals surface area contributed by atoms with Crippen LogP contribution in [-0.4, -0.2) is 21.4 Å². The van der Waals surface area contributed by atoms with Crippen LogP contribution in [0.3, 0.4) is 0 Å². The molecule has 26 heavy (non-hydrogen) atoms. The Hall–Kier alpha value is -2.51. The number of sulfonamides is 1. The number of carbonyl (C=O) groups is 1. The first kappa shape index (κ1) is 19.8. The number of benzene rings is 2. The Kier molecular flexibility index (Phi) is 6.28. The fourth-order valence-electron chi connectivity index (χ4n) is 2.15. The summed E-state index contributed by atoms with van der Waals surface area (Å²) in [5, 5.41) is 2.89. The highest BCUT2D eigenvalue weighted by molar-refractivity contribution is 7.92. The second kappa shape index (κ2) is 8.25. The molecule has 6 nitrogen and oxygen atoms in total. The molecule has 8 heteroatoms. The fourth-order valence-corrected chi connectivity index (χ4v) is 3.66. The Labute approximate surface area is 157 Å². The third-order valence-corrected chi connectivity index (χ3v) is 4.97. The van der Waals surface area contributed by atoms with Gasteiger partial charge < -0.3 is 10.1 Å². The van der Waals surface area contributed by atoms with Crippen molar-refractivity contribution in [1.82, 2.24) is 0 Å². The van der Waals surface area contributed by atoms with E-state index in [0.29, 0.717) is 5.69 Å². The largest absolute Gasteiger partial charge is 0.495 e. The lowest BCUT2D eigenvalue weighted by Crippen LogP contribution is -2.15. The molecule has 0 aliphatic carbocycles. The lowest BCUT2D eigenvalue weighted by Gasteiger charge is -2.14. The van der Waals surface area contributed by atoms with Crippen LogP contribution in [0, 0.1) is 0 Å². The van der Waals surface area contributed by atoms with Crippen LogP contribution in [-0.2, 0) is 14.8 Å². The second-order valence-electron chi connectivity index (χ2n) is 5.66. The van der Waals surface area contributed by atoms with Gasteiger partial charge in [-0.2, -0.15) is 0 Å². The molecule has 0 spiro atoms. The Morgan fingerprint density at radius 3 is 2.46 bits per heavy atom. The average Bonchev–Trinajstić information content (AvgIpc) is 2.56. The number of amides is 1. The van der Waals surface area contributed by atoms with Crippen LogP contribution < -0.4 is 14.8 Å². The van der Waals surface area contributed by atoms with E-state index in [9.17, 15) is 13.2 Å². The maximum Gasteiger partial charge on any atom is 0.265 e. The lowest BCUT2D eigenvalue weighted by atomic mass is 10.2. The number of allylic oxidation sites excluding steroid dienone is 1. The highest BCUT2D eigenvalue weighted by Crippen LogP contribution is 2.30. The summed E-state index contributed by atoms with van der Waals surface area (Å²) in [7, 11) is -2.62. The third-order valence-electron chi connectivity index (χ3n) is 3.26. The molecule has 0 bridgehead atoms. The van der Waals surface area contributed by atoms with E-state index in [4.69, 9.17) is 16.3 Å². The van der Waals surface area contributed by atoms with Gasteiger partial charge in [-0.05, 0) is 44.2 Å². The smallest absolute Gasteiger partial charge is 0.265 e. The molecule has 0 saturated carbocycles. The molecule has 2 N–H and O–H groups in total. The number of para-hydroxylation sites is 1. The molecule has 1 amide bonds. The average molecular weight is 395 g/mol. The maximum absolute atomic E-state index is 12.8. The molecule has 0 unspecified atom stereocenters. The van der Waals surface area contributed by atoms with Crippen molar-refractivity contribution in [3.63, 3.8) is 0 Å². The molecule has 0 aromatic heterocycles. The monoisotopic (exact) mass is 394 g/mol. The molecule has 0 heterocycles. The van der Waals surface area contributed by atoms with Crippen LogP contribution in [0.5, 0.6) is 5.75 Å². The molecule has 0 atom stereocenters. The molecule has 2 aromatic rings. The molecule has 138 valence electrons. The van der Waals surface area contributed by atoms with Crippen LogP contribution in [0.1, 0.15) is 13.8 Å². The summed E-state index contributed by atoms with van der Waals surface area (Å²) in [6.45, 7) is 3.58. The Bertz CT molecular complexity index is 951. The van der Waals surface area contributed by atoms with Crippen molar-refractivity contribution in [2.45, 2.75) is 18.7 Å². The van der Waals surface area contributed by atoms with Crippen molar-refractivity contribution >= 4 is 38.9 Å². The molecule has 0 fully saturated rings. The Morgan fingerprint density at radius 1 is 1.15 bits per heavy atom. The highest BCUT2D eigenvalue weighted by Gasteiger charge is 2.21. The number of hydrogen-bond acceptors (Lipinski definition) is 4. The zero-order valence-corrected chi connectivity index (χ0v) is 16.1. The number of carbonyl (C=O) groups excluding carboxylic acids is 1. The number of nitrogens with one attached hydrogen (secondary N) is 2. The molecule has 0 radical (unpaired) electrons. The summed E-state index contributed by atoms with van der Waals surface area (Å²) >= 11 is 6.02. The molecular weight excluding hydrogens is 376 g/mol. The molecular formula is C18H19ClN2O4S. The van der Waals surface area contributed by atoms with Crippen molar-refractivity contribution in [1.29, 1.82) is 0 Å². The number of anilines is 2. The van der Waals surface area contributed by atoms with Gasteiger partial charge >= 0.3 is 0 Å². The van der Waals surface area contributed by atoms with Crippen LogP contribution >= 0.6 is 11.6 Å². The molecule has 0 saturated heterocycles. The Balaban J connectivity index is 2.40. The van der Waals surface area contributed by atoms with E-state index in [1.807, 2.05) is 0 Å². The van der Waals surface area contributed by atoms with Crippen molar-refractivity contribution < 1.29 is 17.9 Å². The molecule has 0 aliphatic rings. The molecule has 2 rings (SSSR count). The number of rotatable bonds is 6. The van der Waals surface area contributed by atoms with Gasteiger partial charge in [-0.3, -0.25) is 9.52 Å². The number of ether oxygens (including phenoxy) is 1. The van der Waals surface area contributed by atoms with Crippen LogP contribution in [0.25, 0.3) is 0 Å². The SMILES string of the molecule is COc1ccc(NC(=O)C=C(C)C)cc1S(=O)(=O)Nc1ccccc1Cl. The maximum atomic E-state index is 12.8. The van der Waals surface area contributed by atoms with Gasteiger partial charge in [-0.15, -0.1) is 0 Å². The summed E-state index contributed by atoms with van der Waals surface area (Å²) in [6, 6.07) is 10.8. The highest BCUT2D eigenvalue weighted by atomic mass is 35.5. The zero-order chi connectivity index (χ0) is 19.3. The third kappa shape index (κ3) is 5.00. The van der Waals surface area contributed by atoms with Gasteiger partial charge in [0.05, 0.1) is 17.8 Å². The summed E-state index contributed by atoms with van der Waals surface area (Å²) in [6.07, 6.45) is 1.42. The second-order valence-corrected chi connectivity index (χ2v) is 7.72. The standard InChI is InChI=1S/C18H19ClN2O4S/c1-12(2)10-18(22)20-13-8-9-16(25-3)17(11-13)26(23,24)21-15-7-5-4-6-14(15)19/h4-11,21H,1-3H3,(H,20,22). The summed E-state index contributed by atoms with van der Waals surface area (Å²) in [5.74, 6) is -0.206. The van der Waals surface area contributed by atoms with Crippen molar-refractivity contribution in [3.05, 3.63) is 59.1 Å². The van der Waals surface area contributed by atoms with Gasteiger partial charge in [0, 0.05) is 11.8 Å². The number of hydrogen-bond donors (Lipinski definition) is 2. The quantitative estimate of drug-likeness (QED) is 0.724. The summed E-state index contributed by atoms with van der Waals surface area (Å²) < 4.78 is 33.1. The zero-order valence-electron chi connectivity index (χ0n) is 14.5. The van der Waals surface area contributed by atoms with Crippen LogP contribution in [0.4, 0.5) is 11.4 Å². The van der Waals surface area contributed by atoms with Gasteiger partial charge in [0.15, 0.2) is 0 Å². The summed E-state index contributed by atoms with van der Waals surface area (Å²) in [4.78, 5) is 11.8. The van der Waals surface area contributed by atoms with Gasteiger partial charge in [-0.1, -0.05) is 29.3 Å². The van der Waals surface area contributed by atoms with E-state index in [2.05, 4.69) is 10.0 Å². The molecule has 0 aliphatic heterocycles. The van der Waals surface area contributed by atoms with Crippen molar-refractivity contribution in [2.24, 2.45) is 0 Å². The van der Waals surface area contributed by atoms with Gasteiger partial charge in [-0.25, -0.2) is 8.42 Å². The van der Waals surface area contributed by atoms with Crippen LogP contribution in [0.15, 0.2) is 59.0 Å². The first-order valence-electron chi connectivity index (χ1n) is 7.64. The fraction of sp³-hybridized carbons (Fsp3) is 0.167. The van der Waals surface area contributed by atoms with E-state index >= 15 is 0 Å². The minimum Gasteiger partial charge on any atom is -0.495 e. The normalized spacial score (nSPS) is 10.8. The lowest BCUT2D eigenvalue weighted by molar-refractivity contribution is -0.111. The van der Waals surface area contributed by atoms with E-state index < -0.39 is 10.0 Å². The van der Waals surface area contributed by atoms with E-state index in [1.165, 1.54) is 25.3 Å². The van der Waals surface area contributed by atoms with E-state index in [0.717, 1.165) is 5.57 Å². The Morgan fingerprint density at radius 2 is 1.85 bits per heavy atom. The number of halogens is 1. The minimum atomic E-state index is -3.99. The van der Waals surface area contributed by atoms with E-state index in [1.54, 1.807) is 44.2 Å². The predicted octanol–water partition coefficient (Wildman–Crippen LogP) is 4.05. The van der Waals surface area contributed by atoms with Crippen molar-refractivity contribution in [2.75, 3.05) is 17.1 Å². The van der Waals surface area contributed by atoms with Gasteiger partial charge in [0.25, 0.3) is 10.0 Å². The van der Waals surface area contributed by atoms with Gasteiger partial charge in [0.1, 0.15) is 10.6 Å². The topological polar surface area (TPSA) is 84.5 Å². The first-order valence-corrected chi connectivity index (χ1v) is 9.50. The van der Waals surface area contributed by atoms with Crippen molar-refractivity contribution in [3.8, 4) is 5.75 Å². The van der Waals surface area contributed by atoms with Crippen LogP contribution in [0.2, 0.25) is 5.02 Å². The number of methoxy groups -OCH3 is 1. The van der Waals surface area contributed by atoms with Gasteiger partial charge in [0.2, 0.25) is 5.91 Å². The predicted molar refractivity (Wildman–Crippen MR) is 103 cm³/mol. The van der Waals surface area contributed by atoms with E-state index in [-0.39, 0.29) is 27.3 Å².